The lowest BCUT2D eigenvalue weighted by molar-refractivity contribution is -0.117. The molecule has 0 aromatic heterocycles. The smallest absolute Gasteiger partial charge is 0.224 e. The highest BCUT2D eigenvalue weighted by Gasteiger charge is 2.33. The maximum Gasteiger partial charge on any atom is 0.224 e. The molecule has 1 aromatic carbocycles. The second kappa shape index (κ2) is 4.74. The van der Waals surface area contributed by atoms with Gasteiger partial charge in [0.25, 0.3) is 0 Å². The van der Waals surface area contributed by atoms with Crippen molar-refractivity contribution in [1.82, 2.24) is 0 Å². The molecule has 1 amide bonds. The fourth-order valence-corrected chi connectivity index (χ4v) is 2.70. The zero-order valence-corrected chi connectivity index (χ0v) is 10.5. The summed E-state index contributed by atoms with van der Waals surface area (Å²) in [7, 11) is -1.98. The molecule has 2 atom stereocenters. The van der Waals surface area contributed by atoms with Crippen LogP contribution < -0.4 is 10.0 Å². The van der Waals surface area contributed by atoms with Gasteiger partial charge in [-0.3, -0.25) is 4.79 Å². The standard InChI is InChI=1S/C11H12F2N2O2S/c1-6(16)15-8(5-12)2-7-3-9(13)11(18(14)17)4-10(7)15/h3-4,8H,2,5,14H2,1H3. The number of carbonyl (C=O) groups excluding carboxylic acids is 1. The van der Waals surface area contributed by atoms with Crippen LogP contribution in [0.25, 0.3) is 0 Å². The summed E-state index contributed by atoms with van der Waals surface area (Å²) >= 11 is 0. The van der Waals surface area contributed by atoms with E-state index in [2.05, 4.69) is 0 Å². The maximum atomic E-state index is 13.6. The fraction of sp³-hybridized carbons (Fsp3) is 0.364. The quantitative estimate of drug-likeness (QED) is 0.876. The van der Waals surface area contributed by atoms with Crippen molar-refractivity contribution < 1.29 is 17.8 Å². The van der Waals surface area contributed by atoms with E-state index in [9.17, 15) is 17.8 Å². The van der Waals surface area contributed by atoms with Crippen LogP contribution in [0.2, 0.25) is 0 Å². The van der Waals surface area contributed by atoms with Crippen molar-refractivity contribution in [3.8, 4) is 0 Å². The van der Waals surface area contributed by atoms with Gasteiger partial charge in [-0.1, -0.05) is 0 Å². The summed E-state index contributed by atoms with van der Waals surface area (Å²) in [6, 6.07) is 1.80. The molecule has 2 unspecified atom stereocenters. The molecule has 98 valence electrons. The van der Waals surface area contributed by atoms with Crippen LogP contribution in [0.5, 0.6) is 0 Å². The van der Waals surface area contributed by atoms with Crippen molar-refractivity contribution in [3.63, 3.8) is 0 Å². The monoisotopic (exact) mass is 274 g/mol. The summed E-state index contributed by atoms with van der Waals surface area (Å²) in [5.74, 6) is -1.03. The molecule has 4 nitrogen and oxygen atoms in total. The zero-order valence-electron chi connectivity index (χ0n) is 9.65. The van der Waals surface area contributed by atoms with E-state index in [1.165, 1.54) is 24.0 Å². The van der Waals surface area contributed by atoms with Gasteiger partial charge in [0.05, 0.1) is 10.9 Å². The molecule has 0 saturated heterocycles. The average Bonchev–Trinajstić information content (AvgIpc) is 2.64. The van der Waals surface area contributed by atoms with E-state index in [0.29, 0.717) is 11.3 Å². The molecule has 1 aliphatic rings. The predicted molar refractivity (Wildman–Crippen MR) is 63.6 cm³/mol. The van der Waals surface area contributed by atoms with Crippen LogP contribution in [0.15, 0.2) is 17.0 Å². The van der Waals surface area contributed by atoms with Crippen LogP contribution in [0, 0.1) is 5.82 Å². The highest BCUT2D eigenvalue weighted by Crippen LogP contribution is 2.35. The number of rotatable bonds is 2. The van der Waals surface area contributed by atoms with E-state index >= 15 is 0 Å². The van der Waals surface area contributed by atoms with Gasteiger partial charge in [-0.15, -0.1) is 0 Å². The Morgan fingerprint density at radius 3 is 2.78 bits per heavy atom. The number of halogens is 2. The SMILES string of the molecule is CC(=O)N1c2cc(S(N)=O)c(F)cc2CC1CF. The molecule has 1 aromatic rings. The molecule has 18 heavy (non-hydrogen) atoms. The number of benzene rings is 1. The first-order valence-electron chi connectivity index (χ1n) is 5.30. The van der Waals surface area contributed by atoms with E-state index in [-0.39, 0.29) is 17.2 Å². The Balaban J connectivity index is 2.55. The van der Waals surface area contributed by atoms with Crippen LogP contribution >= 0.6 is 0 Å². The molecule has 1 heterocycles. The molecular weight excluding hydrogens is 262 g/mol. The molecule has 1 aliphatic heterocycles. The Kier molecular flexibility index (Phi) is 3.45. The summed E-state index contributed by atoms with van der Waals surface area (Å²) in [4.78, 5) is 12.6. The van der Waals surface area contributed by atoms with Gasteiger partial charge in [-0.05, 0) is 24.1 Å². The number of nitrogens with two attached hydrogens (primary N) is 1. The summed E-state index contributed by atoms with van der Waals surface area (Å²) in [6.07, 6.45) is 0.250. The minimum atomic E-state index is -1.98. The van der Waals surface area contributed by atoms with E-state index < -0.39 is 29.5 Å². The summed E-state index contributed by atoms with van der Waals surface area (Å²) in [6.45, 7) is 0.594. The van der Waals surface area contributed by atoms with Crippen molar-refractivity contribution >= 4 is 22.6 Å². The second-order valence-electron chi connectivity index (χ2n) is 4.11. The van der Waals surface area contributed by atoms with Gasteiger partial charge in [-0.25, -0.2) is 18.1 Å². The van der Waals surface area contributed by atoms with Gasteiger partial charge in [0.1, 0.15) is 23.5 Å². The first-order chi connectivity index (χ1) is 8.45. The Morgan fingerprint density at radius 1 is 1.61 bits per heavy atom. The van der Waals surface area contributed by atoms with Gasteiger partial charge in [0.15, 0.2) is 0 Å². The van der Waals surface area contributed by atoms with Gasteiger partial charge in [0, 0.05) is 12.6 Å². The number of nitrogens with zero attached hydrogens (tertiary/aromatic N) is 1. The largest absolute Gasteiger partial charge is 0.306 e. The van der Waals surface area contributed by atoms with E-state index in [0.717, 1.165) is 0 Å². The van der Waals surface area contributed by atoms with Crippen LogP contribution in [-0.2, 0) is 22.2 Å². The fourth-order valence-electron chi connectivity index (χ4n) is 2.22. The molecule has 0 bridgehead atoms. The number of hydrogen-bond donors (Lipinski definition) is 1. The minimum absolute atomic E-state index is 0.181. The molecule has 0 aliphatic carbocycles. The molecule has 0 radical (unpaired) electrons. The Labute approximate surface area is 105 Å². The number of hydrogen-bond acceptors (Lipinski definition) is 2. The van der Waals surface area contributed by atoms with Crippen LogP contribution in [0.1, 0.15) is 12.5 Å². The Bertz CT molecular complexity index is 536. The minimum Gasteiger partial charge on any atom is -0.306 e. The average molecular weight is 274 g/mol. The third-order valence-corrected chi connectivity index (χ3v) is 3.69. The number of fused-ring (bicyclic) bond motifs is 1. The summed E-state index contributed by atoms with van der Waals surface area (Å²) in [5, 5.41) is 5.15. The Morgan fingerprint density at radius 2 is 2.28 bits per heavy atom. The van der Waals surface area contributed by atoms with Gasteiger partial charge < -0.3 is 4.90 Å². The predicted octanol–water partition coefficient (Wildman–Crippen LogP) is 1.05. The molecule has 0 spiro atoms. The lowest BCUT2D eigenvalue weighted by Crippen LogP contribution is -2.37. The van der Waals surface area contributed by atoms with Gasteiger partial charge in [0.2, 0.25) is 5.91 Å². The van der Waals surface area contributed by atoms with Crippen molar-refractivity contribution in [2.24, 2.45) is 5.14 Å². The lowest BCUT2D eigenvalue weighted by Gasteiger charge is -2.21. The van der Waals surface area contributed by atoms with Crippen LogP contribution in [0.3, 0.4) is 0 Å². The van der Waals surface area contributed by atoms with Gasteiger partial charge >= 0.3 is 0 Å². The van der Waals surface area contributed by atoms with E-state index in [1.54, 1.807) is 0 Å². The van der Waals surface area contributed by atoms with Crippen molar-refractivity contribution in [1.29, 1.82) is 0 Å². The molecule has 2 rings (SSSR count). The first-order valence-corrected chi connectivity index (χ1v) is 6.51. The molecule has 0 saturated carbocycles. The van der Waals surface area contributed by atoms with E-state index in [4.69, 9.17) is 5.14 Å². The summed E-state index contributed by atoms with van der Waals surface area (Å²) in [5.41, 5.74) is 0.917. The van der Waals surface area contributed by atoms with Gasteiger partial charge in [-0.2, -0.15) is 0 Å². The number of alkyl halides is 1. The number of anilines is 1. The maximum absolute atomic E-state index is 13.6. The topological polar surface area (TPSA) is 63.4 Å². The third kappa shape index (κ3) is 2.04. The van der Waals surface area contributed by atoms with E-state index in [1.807, 2.05) is 0 Å². The van der Waals surface area contributed by atoms with Crippen LogP contribution in [0.4, 0.5) is 14.5 Å². The molecule has 7 heteroatoms. The highest BCUT2D eigenvalue weighted by molar-refractivity contribution is 7.82. The van der Waals surface area contributed by atoms with Crippen molar-refractivity contribution in [2.75, 3.05) is 11.6 Å². The molecular formula is C11H12F2N2O2S. The van der Waals surface area contributed by atoms with Crippen LogP contribution in [-0.4, -0.2) is 22.8 Å². The normalized spacial score (nSPS) is 19.8. The second-order valence-corrected chi connectivity index (χ2v) is 5.14. The molecule has 2 N–H and O–H groups in total. The zero-order chi connectivity index (χ0) is 13.4. The lowest BCUT2D eigenvalue weighted by atomic mass is 10.1. The first kappa shape index (κ1) is 13.1. The van der Waals surface area contributed by atoms with Crippen molar-refractivity contribution in [3.05, 3.63) is 23.5 Å². The number of carbonyl (C=O) groups is 1. The van der Waals surface area contributed by atoms with Crippen molar-refractivity contribution in [2.45, 2.75) is 24.3 Å². The highest BCUT2D eigenvalue weighted by atomic mass is 32.2. The third-order valence-electron chi connectivity index (χ3n) is 2.95. The summed E-state index contributed by atoms with van der Waals surface area (Å²) < 4.78 is 37.6. The molecule has 0 fully saturated rings. The Hall–Kier alpha value is -1.34. The number of amides is 1.